The maximum Gasteiger partial charge on any atom is 0.168 e. The second-order valence-corrected chi connectivity index (χ2v) is 5.30. The lowest BCUT2D eigenvalue weighted by Crippen LogP contribution is -2.34. The molecule has 0 spiro atoms. The normalized spacial score (nSPS) is 28.6. The van der Waals surface area contributed by atoms with Crippen LogP contribution in [0.3, 0.4) is 0 Å². The van der Waals surface area contributed by atoms with Crippen molar-refractivity contribution in [2.75, 3.05) is 20.7 Å². The lowest BCUT2D eigenvalue weighted by Gasteiger charge is -2.23. The monoisotopic (exact) mass is 253 g/mol. The molecule has 1 N–H and O–H groups in total. The van der Waals surface area contributed by atoms with Crippen molar-refractivity contribution in [2.45, 2.75) is 31.4 Å². The minimum absolute atomic E-state index is 0.232. The first-order valence-corrected chi connectivity index (χ1v) is 6.19. The highest BCUT2D eigenvalue weighted by atomic mass is 19.1. The van der Waals surface area contributed by atoms with E-state index in [1.807, 2.05) is 7.05 Å². The van der Waals surface area contributed by atoms with Gasteiger partial charge in [-0.15, -0.1) is 0 Å². The molecule has 1 aliphatic heterocycles. The number of likely N-dealkylation sites (N-methyl/N-ethyl adjacent to an activating group) is 1. The van der Waals surface area contributed by atoms with Crippen LogP contribution in [-0.2, 0) is 6.42 Å². The molecular weight excluding hydrogens is 233 g/mol. The standard InChI is InChI=1S/C14H20FNO2/c1-10-7-14(17,9-16(10)2)8-11-5-4-6-12(18-3)13(11)15/h4-6,10,17H,7-9H2,1-3H3. The molecule has 0 saturated carbocycles. The van der Waals surface area contributed by atoms with Gasteiger partial charge in [-0.3, -0.25) is 0 Å². The van der Waals surface area contributed by atoms with Gasteiger partial charge >= 0.3 is 0 Å². The Morgan fingerprint density at radius 1 is 1.56 bits per heavy atom. The van der Waals surface area contributed by atoms with Crippen LogP contribution in [0.4, 0.5) is 4.39 Å². The van der Waals surface area contributed by atoms with Crippen molar-refractivity contribution < 1.29 is 14.2 Å². The molecule has 1 aliphatic rings. The van der Waals surface area contributed by atoms with Crippen LogP contribution in [0.5, 0.6) is 5.75 Å². The third kappa shape index (κ3) is 2.49. The highest BCUT2D eigenvalue weighted by molar-refractivity contribution is 5.32. The van der Waals surface area contributed by atoms with Crippen LogP contribution in [-0.4, -0.2) is 42.4 Å². The van der Waals surface area contributed by atoms with Crippen molar-refractivity contribution >= 4 is 0 Å². The first-order chi connectivity index (χ1) is 8.45. The molecule has 1 heterocycles. The van der Waals surface area contributed by atoms with Gasteiger partial charge in [-0.2, -0.15) is 0 Å². The number of nitrogens with zero attached hydrogens (tertiary/aromatic N) is 1. The zero-order valence-electron chi connectivity index (χ0n) is 11.1. The molecule has 0 bridgehead atoms. The number of methoxy groups -OCH3 is 1. The van der Waals surface area contributed by atoms with Crippen LogP contribution in [0.2, 0.25) is 0 Å². The van der Waals surface area contributed by atoms with Crippen molar-refractivity contribution in [3.63, 3.8) is 0 Å². The second-order valence-electron chi connectivity index (χ2n) is 5.30. The summed E-state index contributed by atoms with van der Waals surface area (Å²) in [4.78, 5) is 2.10. The molecule has 2 unspecified atom stereocenters. The predicted molar refractivity (Wildman–Crippen MR) is 68.3 cm³/mol. The highest BCUT2D eigenvalue weighted by Gasteiger charge is 2.39. The van der Waals surface area contributed by atoms with E-state index in [0.29, 0.717) is 31.0 Å². The summed E-state index contributed by atoms with van der Waals surface area (Å²) in [6.07, 6.45) is 0.991. The Morgan fingerprint density at radius 2 is 2.28 bits per heavy atom. The van der Waals surface area contributed by atoms with E-state index >= 15 is 0 Å². The number of halogens is 1. The number of aliphatic hydroxyl groups is 1. The van der Waals surface area contributed by atoms with E-state index in [1.54, 1.807) is 18.2 Å². The van der Waals surface area contributed by atoms with E-state index in [2.05, 4.69) is 11.8 Å². The van der Waals surface area contributed by atoms with Crippen LogP contribution >= 0.6 is 0 Å². The molecule has 2 atom stereocenters. The van der Waals surface area contributed by atoms with Crippen molar-refractivity contribution in [2.24, 2.45) is 0 Å². The number of hydrogen-bond acceptors (Lipinski definition) is 3. The van der Waals surface area contributed by atoms with E-state index < -0.39 is 5.60 Å². The number of likely N-dealkylation sites (tertiary alicyclic amines) is 1. The predicted octanol–water partition coefficient (Wildman–Crippen LogP) is 1.83. The van der Waals surface area contributed by atoms with E-state index in [9.17, 15) is 9.50 Å². The summed E-state index contributed by atoms with van der Waals surface area (Å²) in [5.74, 6) is -0.133. The maximum atomic E-state index is 14.0. The molecule has 1 fully saturated rings. The van der Waals surface area contributed by atoms with E-state index in [1.165, 1.54) is 7.11 Å². The van der Waals surface area contributed by atoms with E-state index in [0.717, 1.165) is 0 Å². The molecule has 100 valence electrons. The molecule has 2 rings (SSSR count). The minimum Gasteiger partial charge on any atom is -0.494 e. The molecule has 0 radical (unpaired) electrons. The summed E-state index contributed by atoms with van der Waals surface area (Å²) in [5, 5.41) is 10.5. The summed E-state index contributed by atoms with van der Waals surface area (Å²) >= 11 is 0. The van der Waals surface area contributed by atoms with Crippen LogP contribution < -0.4 is 4.74 Å². The number of benzene rings is 1. The first kappa shape index (κ1) is 13.3. The Hall–Kier alpha value is -1.13. The molecular formula is C14H20FNO2. The molecule has 1 saturated heterocycles. The molecule has 0 aliphatic carbocycles. The number of hydrogen-bond donors (Lipinski definition) is 1. The fourth-order valence-electron chi connectivity index (χ4n) is 2.72. The lowest BCUT2D eigenvalue weighted by atomic mass is 9.92. The average Bonchev–Trinajstić information content (AvgIpc) is 2.56. The maximum absolute atomic E-state index is 14.0. The second kappa shape index (κ2) is 4.86. The Morgan fingerprint density at radius 3 is 2.83 bits per heavy atom. The van der Waals surface area contributed by atoms with Crippen molar-refractivity contribution in [3.05, 3.63) is 29.6 Å². The number of β-amino-alcohol motifs (C(OH)–C–C–N with tert-alkyl or cyclic N) is 1. The zero-order valence-corrected chi connectivity index (χ0v) is 11.1. The third-order valence-corrected chi connectivity index (χ3v) is 3.75. The van der Waals surface area contributed by atoms with E-state index in [4.69, 9.17) is 4.74 Å². The molecule has 0 amide bonds. The molecule has 18 heavy (non-hydrogen) atoms. The summed E-state index contributed by atoms with van der Waals surface area (Å²) < 4.78 is 19.0. The fraction of sp³-hybridized carbons (Fsp3) is 0.571. The van der Waals surface area contributed by atoms with Crippen LogP contribution in [0.25, 0.3) is 0 Å². The van der Waals surface area contributed by atoms with Gasteiger partial charge in [-0.25, -0.2) is 4.39 Å². The average molecular weight is 253 g/mol. The topological polar surface area (TPSA) is 32.7 Å². The van der Waals surface area contributed by atoms with Gasteiger partial charge in [0.2, 0.25) is 0 Å². The van der Waals surface area contributed by atoms with Gasteiger partial charge in [0.25, 0.3) is 0 Å². The van der Waals surface area contributed by atoms with Crippen LogP contribution in [0.15, 0.2) is 18.2 Å². The first-order valence-electron chi connectivity index (χ1n) is 6.19. The minimum atomic E-state index is -0.846. The summed E-state index contributed by atoms with van der Waals surface area (Å²) in [6, 6.07) is 5.37. The molecule has 4 heteroatoms. The molecule has 0 aromatic heterocycles. The van der Waals surface area contributed by atoms with Gasteiger partial charge in [0.1, 0.15) is 0 Å². The summed E-state index contributed by atoms with van der Waals surface area (Å²) in [5.41, 5.74) is -0.333. The lowest BCUT2D eigenvalue weighted by molar-refractivity contribution is 0.0511. The Bertz CT molecular complexity index is 426. The number of rotatable bonds is 3. The fourth-order valence-corrected chi connectivity index (χ4v) is 2.72. The molecule has 1 aromatic rings. The van der Waals surface area contributed by atoms with Gasteiger partial charge in [-0.1, -0.05) is 12.1 Å². The Balaban J connectivity index is 2.20. The third-order valence-electron chi connectivity index (χ3n) is 3.75. The van der Waals surface area contributed by atoms with Gasteiger partial charge in [-0.05, 0) is 32.0 Å². The molecule has 1 aromatic carbocycles. The van der Waals surface area contributed by atoms with Crippen LogP contribution in [0, 0.1) is 5.82 Å². The van der Waals surface area contributed by atoms with Gasteiger partial charge in [0.05, 0.1) is 12.7 Å². The largest absolute Gasteiger partial charge is 0.494 e. The smallest absolute Gasteiger partial charge is 0.168 e. The Labute approximate surface area is 107 Å². The highest BCUT2D eigenvalue weighted by Crippen LogP contribution is 2.31. The summed E-state index contributed by atoms with van der Waals surface area (Å²) in [7, 11) is 3.42. The van der Waals surface area contributed by atoms with Gasteiger partial charge in [0, 0.05) is 19.0 Å². The van der Waals surface area contributed by atoms with Crippen molar-refractivity contribution in [1.29, 1.82) is 0 Å². The SMILES string of the molecule is COc1cccc(CC2(O)CC(C)N(C)C2)c1F. The molecule has 3 nitrogen and oxygen atoms in total. The Kier molecular flexibility index (Phi) is 3.59. The number of ether oxygens (including phenoxy) is 1. The van der Waals surface area contributed by atoms with Gasteiger partial charge < -0.3 is 14.7 Å². The van der Waals surface area contributed by atoms with Crippen LogP contribution in [0.1, 0.15) is 18.9 Å². The summed E-state index contributed by atoms with van der Waals surface area (Å²) in [6.45, 7) is 2.64. The van der Waals surface area contributed by atoms with Crippen molar-refractivity contribution in [3.8, 4) is 5.75 Å². The zero-order chi connectivity index (χ0) is 13.3. The van der Waals surface area contributed by atoms with E-state index in [-0.39, 0.29) is 11.6 Å². The van der Waals surface area contributed by atoms with Gasteiger partial charge in [0.15, 0.2) is 11.6 Å². The quantitative estimate of drug-likeness (QED) is 0.892. The van der Waals surface area contributed by atoms with Crippen molar-refractivity contribution in [1.82, 2.24) is 4.90 Å².